The van der Waals surface area contributed by atoms with E-state index < -0.39 is 5.97 Å². The van der Waals surface area contributed by atoms with Crippen LogP contribution in [0.2, 0.25) is 0 Å². The monoisotopic (exact) mass is 170 g/mol. The Morgan fingerprint density at radius 3 is 2.25 bits per heavy atom. The van der Waals surface area contributed by atoms with Gasteiger partial charge < -0.3 is 5.11 Å². The Balaban J connectivity index is 3.69. The van der Waals surface area contributed by atoms with Gasteiger partial charge in [0, 0.05) is 0 Å². The highest BCUT2D eigenvalue weighted by molar-refractivity contribution is 5.69. The van der Waals surface area contributed by atoms with Crippen LogP contribution in [0, 0.1) is 11.8 Å². The average Bonchev–Trinajstić information content (AvgIpc) is 1.98. The molecule has 0 bridgehead atoms. The standard InChI is InChI=1S/C10H18O2/c1-7(2)8(3)5-6-9(4)10(11)12/h7,9H,3,5-6H2,1-2,4H3,(H,11,12). The summed E-state index contributed by atoms with van der Waals surface area (Å²) in [7, 11) is 0. The molecule has 0 spiro atoms. The second kappa shape index (κ2) is 4.96. The largest absolute Gasteiger partial charge is 0.481 e. The third-order valence-electron chi connectivity index (χ3n) is 2.14. The van der Waals surface area contributed by atoms with Crippen LogP contribution in [0.5, 0.6) is 0 Å². The van der Waals surface area contributed by atoms with Gasteiger partial charge in [-0.3, -0.25) is 4.79 Å². The molecule has 1 atom stereocenters. The van der Waals surface area contributed by atoms with E-state index in [-0.39, 0.29) is 5.92 Å². The van der Waals surface area contributed by atoms with Crippen LogP contribution < -0.4 is 0 Å². The van der Waals surface area contributed by atoms with E-state index >= 15 is 0 Å². The molecule has 0 aromatic carbocycles. The SMILES string of the molecule is C=C(CCC(C)C(=O)O)C(C)C. The van der Waals surface area contributed by atoms with Gasteiger partial charge >= 0.3 is 5.97 Å². The van der Waals surface area contributed by atoms with Crippen molar-refractivity contribution in [3.8, 4) is 0 Å². The van der Waals surface area contributed by atoms with Crippen LogP contribution in [0.15, 0.2) is 12.2 Å². The van der Waals surface area contributed by atoms with E-state index in [1.54, 1.807) is 6.92 Å². The molecule has 0 saturated carbocycles. The fourth-order valence-corrected chi connectivity index (χ4v) is 0.814. The highest BCUT2D eigenvalue weighted by Crippen LogP contribution is 2.16. The molecule has 0 aliphatic heterocycles. The van der Waals surface area contributed by atoms with Crippen LogP contribution in [-0.2, 0) is 4.79 Å². The summed E-state index contributed by atoms with van der Waals surface area (Å²) in [5.41, 5.74) is 1.14. The molecule has 0 rings (SSSR count). The summed E-state index contributed by atoms with van der Waals surface area (Å²) in [6, 6.07) is 0. The molecule has 2 nitrogen and oxygen atoms in total. The van der Waals surface area contributed by atoms with Crippen LogP contribution in [0.1, 0.15) is 33.6 Å². The van der Waals surface area contributed by atoms with Gasteiger partial charge in [0.1, 0.15) is 0 Å². The maximum atomic E-state index is 10.5. The van der Waals surface area contributed by atoms with Crippen molar-refractivity contribution in [1.29, 1.82) is 0 Å². The smallest absolute Gasteiger partial charge is 0.306 e. The Labute approximate surface area is 74.3 Å². The Bertz CT molecular complexity index is 171. The van der Waals surface area contributed by atoms with E-state index in [1.807, 2.05) is 0 Å². The average molecular weight is 170 g/mol. The van der Waals surface area contributed by atoms with Crippen molar-refractivity contribution >= 4 is 5.97 Å². The number of carbonyl (C=O) groups is 1. The quantitative estimate of drug-likeness (QED) is 0.644. The minimum Gasteiger partial charge on any atom is -0.481 e. The van der Waals surface area contributed by atoms with Crippen molar-refractivity contribution in [2.75, 3.05) is 0 Å². The summed E-state index contributed by atoms with van der Waals surface area (Å²) in [4.78, 5) is 10.5. The first-order chi connectivity index (χ1) is 5.45. The minimum atomic E-state index is -0.716. The lowest BCUT2D eigenvalue weighted by molar-refractivity contribution is -0.141. The van der Waals surface area contributed by atoms with Crippen molar-refractivity contribution in [2.24, 2.45) is 11.8 Å². The number of carboxylic acid groups (broad SMARTS) is 1. The van der Waals surface area contributed by atoms with E-state index in [0.717, 1.165) is 12.0 Å². The molecule has 0 fully saturated rings. The number of aliphatic carboxylic acids is 1. The predicted molar refractivity (Wildman–Crippen MR) is 50.0 cm³/mol. The highest BCUT2D eigenvalue weighted by atomic mass is 16.4. The van der Waals surface area contributed by atoms with E-state index in [4.69, 9.17) is 5.11 Å². The van der Waals surface area contributed by atoms with Crippen LogP contribution in [-0.4, -0.2) is 11.1 Å². The summed E-state index contributed by atoms with van der Waals surface area (Å²) in [6.45, 7) is 9.78. The van der Waals surface area contributed by atoms with Crippen molar-refractivity contribution in [3.05, 3.63) is 12.2 Å². The van der Waals surface area contributed by atoms with Crippen molar-refractivity contribution < 1.29 is 9.90 Å². The van der Waals surface area contributed by atoms with Gasteiger partial charge in [0.15, 0.2) is 0 Å². The molecular weight excluding hydrogens is 152 g/mol. The lowest BCUT2D eigenvalue weighted by Crippen LogP contribution is -2.09. The van der Waals surface area contributed by atoms with Gasteiger partial charge in [-0.25, -0.2) is 0 Å². The number of rotatable bonds is 5. The Kier molecular flexibility index (Phi) is 4.64. The predicted octanol–water partition coefficient (Wildman–Crippen LogP) is 2.70. The first kappa shape index (κ1) is 11.2. The van der Waals surface area contributed by atoms with E-state index in [0.29, 0.717) is 12.3 Å². The second-order valence-electron chi connectivity index (χ2n) is 3.59. The summed E-state index contributed by atoms with van der Waals surface area (Å²) in [5.74, 6) is -0.502. The van der Waals surface area contributed by atoms with Crippen molar-refractivity contribution in [3.63, 3.8) is 0 Å². The zero-order valence-electron chi connectivity index (χ0n) is 8.13. The summed E-state index contributed by atoms with van der Waals surface area (Å²) >= 11 is 0. The van der Waals surface area contributed by atoms with Crippen molar-refractivity contribution in [1.82, 2.24) is 0 Å². The molecule has 0 aromatic heterocycles. The molecule has 0 aromatic rings. The Morgan fingerprint density at radius 1 is 1.42 bits per heavy atom. The number of allylic oxidation sites excluding steroid dienone is 1. The van der Waals surface area contributed by atoms with Crippen molar-refractivity contribution in [2.45, 2.75) is 33.6 Å². The Morgan fingerprint density at radius 2 is 1.92 bits per heavy atom. The molecule has 0 heterocycles. The van der Waals surface area contributed by atoms with Gasteiger partial charge in [-0.1, -0.05) is 32.9 Å². The zero-order chi connectivity index (χ0) is 9.72. The normalized spacial score (nSPS) is 13.0. The third kappa shape index (κ3) is 4.16. The summed E-state index contributed by atoms with van der Waals surface area (Å²) in [5, 5.41) is 8.60. The van der Waals surface area contributed by atoms with E-state index in [1.165, 1.54) is 0 Å². The zero-order valence-corrected chi connectivity index (χ0v) is 8.13. The molecule has 1 N–H and O–H groups in total. The van der Waals surface area contributed by atoms with E-state index in [9.17, 15) is 4.79 Å². The minimum absolute atomic E-state index is 0.250. The van der Waals surface area contributed by atoms with Gasteiger partial charge in [0.25, 0.3) is 0 Å². The second-order valence-corrected chi connectivity index (χ2v) is 3.59. The number of hydrogen-bond donors (Lipinski definition) is 1. The first-order valence-corrected chi connectivity index (χ1v) is 4.35. The van der Waals surface area contributed by atoms with Crippen LogP contribution >= 0.6 is 0 Å². The Hall–Kier alpha value is -0.790. The highest BCUT2D eigenvalue weighted by Gasteiger charge is 2.11. The summed E-state index contributed by atoms with van der Waals surface area (Å²) < 4.78 is 0. The molecule has 12 heavy (non-hydrogen) atoms. The van der Waals surface area contributed by atoms with Gasteiger partial charge in [-0.2, -0.15) is 0 Å². The molecular formula is C10H18O2. The topological polar surface area (TPSA) is 37.3 Å². The van der Waals surface area contributed by atoms with Crippen LogP contribution in [0.3, 0.4) is 0 Å². The van der Waals surface area contributed by atoms with Gasteiger partial charge in [0.2, 0.25) is 0 Å². The molecule has 0 saturated heterocycles. The molecule has 0 radical (unpaired) electrons. The molecule has 0 amide bonds. The molecule has 0 aliphatic carbocycles. The fraction of sp³-hybridized carbons (Fsp3) is 0.700. The fourth-order valence-electron chi connectivity index (χ4n) is 0.814. The molecule has 1 unspecified atom stereocenters. The lowest BCUT2D eigenvalue weighted by Gasteiger charge is -2.10. The maximum absolute atomic E-state index is 10.5. The summed E-state index contributed by atoms with van der Waals surface area (Å²) in [6.07, 6.45) is 1.53. The molecule has 2 heteroatoms. The van der Waals surface area contributed by atoms with Gasteiger partial charge in [-0.05, 0) is 18.8 Å². The molecule has 0 aliphatic rings. The van der Waals surface area contributed by atoms with Crippen LogP contribution in [0.25, 0.3) is 0 Å². The maximum Gasteiger partial charge on any atom is 0.306 e. The number of hydrogen-bond acceptors (Lipinski definition) is 1. The van der Waals surface area contributed by atoms with Gasteiger partial charge in [-0.15, -0.1) is 0 Å². The molecule has 70 valence electrons. The van der Waals surface area contributed by atoms with Gasteiger partial charge in [0.05, 0.1) is 5.92 Å². The lowest BCUT2D eigenvalue weighted by atomic mass is 9.96. The first-order valence-electron chi connectivity index (χ1n) is 4.35. The van der Waals surface area contributed by atoms with E-state index in [2.05, 4.69) is 20.4 Å². The third-order valence-corrected chi connectivity index (χ3v) is 2.14. The van der Waals surface area contributed by atoms with Crippen LogP contribution in [0.4, 0.5) is 0 Å². The number of carboxylic acids is 1.